The summed E-state index contributed by atoms with van der Waals surface area (Å²) in [6.07, 6.45) is 1.06. The van der Waals surface area contributed by atoms with Gasteiger partial charge in [0.25, 0.3) is 0 Å². The second kappa shape index (κ2) is 14.6. The molecule has 5 aromatic carbocycles. The minimum Gasteiger partial charge on any atom is -0.355 e. The summed E-state index contributed by atoms with van der Waals surface area (Å²) in [5, 5.41) is 4.34. The summed E-state index contributed by atoms with van der Waals surface area (Å²) in [5.74, 6) is 0. The number of hydrogen-bond acceptors (Lipinski definition) is 2. The second-order valence-corrected chi connectivity index (χ2v) is 13.4. The van der Waals surface area contributed by atoms with Crippen LogP contribution in [-0.4, -0.2) is 6.54 Å². The van der Waals surface area contributed by atoms with Crippen LogP contribution in [0.5, 0.6) is 0 Å². The first-order valence-electron chi connectivity index (χ1n) is 16.9. The van der Waals surface area contributed by atoms with Crippen molar-refractivity contribution in [3.8, 4) is 0 Å². The van der Waals surface area contributed by atoms with E-state index in [4.69, 9.17) is 0 Å². The predicted octanol–water partition coefficient (Wildman–Crippen LogP) is 12.8. The molecule has 0 bridgehead atoms. The summed E-state index contributed by atoms with van der Waals surface area (Å²) in [6.45, 7) is 9.47. The van der Waals surface area contributed by atoms with E-state index >= 15 is 0 Å². The van der Waals surface area contributed by atoms with Gasteiger partial charge >= 0.3 is 12.4 Å². The molecule has 2 nitrogen and oxygen atoms in total. The van der Waals surface area contributed by atoms with Crippen LogP contribution in [0, 0.1) is 0 Å². The minimum atomic E-state index is -4.96. The lowest BCUT2D eigenvalue weighted by molar-refractivity contribution is -0.143. The summed E-state index contributed by atoms with van der Waals surface area (Å²) in [6, 6.07) is 31.3. The molecule has 52 heavy (non-hydrogen) atoms. The van der Waals surface area contributed by atoms with Crippen LogP contribution in [0.2, 0.25) is 0 Å². The number of alkyl halides is 6. The lowest BCUT2D eigenvalue weighted by Crippen LogP contribution is -2.27. The van der Waals surface area contributed by atoms with Gasteiger partial charge in [0.2, 0.25) is 0 Å². The van der Waals surface area contributed by atoms with Crippen LogP contribution >= 0.6 is 0 Å². The SMILES string of the molecule is C=C(/C=C/C=C/C=C1/N(CCc2ccccc2)c2ccccc2C1(C)C)Cc1ccc2ccccc2c1Nc1cc(C(F)(F)F)cc(C(F)(F)F)c1. The third kappa shape index (κ3) is 8.01. The smallest absolute Gasteiger partial charge is 0.355 e. The highest BCUT2D eigenvalue weighted by Gasteiger charge is 2.39. The molecule has 5 aromatic rings. The number of hydrogen-bond donors (Lipinski definition) is 1. The molecule has 0 radical (unpaired) electrons. The molecule has 1 N–H and O–H groups in total. The maximum absolute atomic E-state index is 13.6. The summed E-state index contributed by atoms with van der Waals surface area (Å²) in [7, 11) is 0. The van der Waals surface area contributed by atoms with Gasteiger partial charge in [0.1, 0.15) is 0 Å². The van der Waals surface area contributed by atoms with Crippen molar-refractivity contribution in [3.63, 3.8) is 0 Å². The van der Waals surface area contributed by atoms with E-state index < -0.39 is 23.5 Å². The maximum Gasteiger partial charge on any atom is 0.416 e. The molecule has 0 atom stereocenters. The molecule has 0 unspecified atom stereocenters. The Hall–Kier alpha value is -5.50. The molecule has 0 aliphatic carbocycles. The number of para-hydroxylation sites is 1. The van der Waals surface area contributed by atoms with Crippen LogP contribution in [0.25, 0.3) is 10.8 Å². The normalized spacial score (nSPS) is 15.2. The summed E-state index contributed by atoms with van der Waals surface area (Å²) in [5.41, 5.74) is 3.43. The Bertz CT molecular complexity index is 2140. The van der Waals surface area contributed by atoms with E-state index in [2.05, 4.69) is 85.3 Å². The van der Waals surface area contributed by atoms with Gasteiger partial charge in [-0.05, 0) is 65.3 Å². The van der Waals surface area contributed by atoms with E-state index in [1.165, 1.54) is 22.5 Å². The van der Waals surface area contributed by atoms with Crippen molar-refractivity contribution in [1.29, 1.82) is 0 Å². The number of benzene rings is 5. The third-order valence-corrected chi connectivity index (χ3v) is 9.36. The van der Waals surface area contributed by atoms with Crippen LogP contribution in [0.3, 0.4) is 0 Å². The average molecular weight is 709 g/mol. The van der Waals surface area contributed by atoms with Crippen LogP contribution < -0.4 is 10.2 Å². The van der Waals surface area contributed by atoms with Gasteiger partial charge in [0, 0.05) is 40.1 Å². The summed E-state index contributed by atoms with van der Waals surface area (Å²) in [4.78, 5) is 2.38. The monoisotopic (exact) mass is 708 g/mol. The molecule has 6 rings (SSSR count). The van der Waals surface area contributed by atoms with Crippen LogP contribution in [0.15, 0.2) is 157 Å². The molecule has 1 heterocycles. The molecule has 0 saturated carbocycles. The molecule has 0 saturated heterocycles. The molecule has 0 fully saturated rings. The van der Waals surface area contributed by atoms with Crippen molar-refractivity contribution < 1.29 is 26.3 Å². The number of nitrogens with one attached hydrogen (secondary N) is 1. The summed E-state index contributed by atoms with van der Waals surface area (Å²) >= 11 is 0. The lowest BCUT2D eigenvalue weighted by atomic mass is 9.84. The van der Waals surface area contributed by atoms with Gasteiger partial charge in [-0.2, -0.15) is 26.3 Å². The Morgan fingerprint density at radius 2 is 1.40 bits per heavy atom. The van der Waals surface area contributed by atoms with Gasteiger partial charge in [0.05, 0.1) is 11.1 Å². The first kappa shape index (κ1) is 36.3. The van der Waals surface area contributed by atoms with Crippen LogP contribution in [0.4, 0.5) is 43.4 Å². The Kier molecular flexibility index (Phi) is 10.2. The van der Waals surface area contributed by atoms with Crippen molar-refractivity contribution >= 4 is 27.8 Å². The molecule has 0 amide bonds. The number of nitrogens with zero attached hydrogens (tertiary/aromatic N) is 1. The van der Waals surface area contributed by atoms with Crippen LogP contribution in [0.1, 0.15) is 41.7 Å². The Balaban J connectivity index is 1.23. The van der Waals surface area contributed by atoms with Gasteiger partial charge in [-0.1, -0.05) is 135 Å². The molecule has 8 heteroatoms. The Morgan fingerprint density at radius 3 is 2.12 bits per heavy atom. The van der Waals surface area contributed by atoms with E-state index in [9.17, 15) is 26.3 Å². The van der Waals surface area contributed by atoms with Gasteiger partial charge in [-0.3, -0.25) is 0 Å². The molecule has 1 aliphatic rings. The second-order valence-electron chi connectivity index (χ2n) is 13.4. The molecule has 0 spiro atoms. The fraction of sp³-hybridized carbons (Fsp3) is 0.182. The van der Waals surface area contributed by atoms with Crippen molar-refractivity contribution in [2.24, 2.45) is 0 Å². The van der Waals surface area contributed by atoms with E-state index in [0.717, 1.165) is 18.4 Å². The van der Waals surface area contributed by atoms with Gasteiger partial charge in [-0.15, -0.1) is 0 Å². The largest absolute Gasteiger partial charge is 0.416 e. The zero-order chi connectivity index (χ0) is 37.1. The summed E-state index contributed by atoms with van der Waals surface area (Å²) < 4.78 is 81.8. The fourth-order valence-electron chi connectivity index (χ4n) is 6.76. The first-order valence-corrected chi connectivity index (χ1v) is 16.9. The average Bonchev–Trinajstić information content (AvgIpc) is 3.32. The zero-order valence-corrected chi connectivity index (χ0v) is 28.8. The topological polar surface area (TPSA) is 15.3 Å². The third-order valence-electron chi connectivity index (χ3n) is 9.36. The number of anilines is 3. The zero-order valence-electron chi connectivity index (χ0n) is 28.8. The first-order chi connectivity index (χ1) is 24.7. The fourth-order valence-corrected chi connectivity index (χ4v) is 6.76. The van der Waals surface area contributed by atoms with Gasteiger partial charge in [-0.25, -0.2) is 0 Å². The molecule has 0 aromatic heterocycles. The standard InChI is InChI=1S/C44H38F6N2/c1-30(14-6-4-9-21-40-42(2,3)38-19-12-13-20-39(38)52(40)25-24-31-15-7-5-8-16-31)26-33-23-22-32-17-10-11-18-37(32)41(33)51-36-28-34(43(45,46)47)27-35(29-36)44(48,49)50/h4-23,27-29,51H,1,24-26H2,2-3H3/b9-4+,14-6+,40-21+. The van der Waals surface area contributed by atoms with E-state index in [-0.39, 0.29) is 17.2 Å². The van der Waals surface area contributed by atoms with Crippen molar-refractivity contribution in [1.82, 2.24) is 0 Å². The highest BCUT2D eigenvalue weighted by Crippen LogP contribution is 2.47. The minimum absolute atomic E-state index is 0.125. The van der Waals surface area contributed by atoms with Gasteiger partial charge in [0.15, 0.2) is 0 Å². The number of allylic oxidation sites excluding steroid dienone is 7. The molecular formula is C44H38F6N2. The highest BCUT2D eigenvalue weighted by molar-refractivity contribution is 5.97. The van der Waals surface area contributed by atoms with Crippen molar-refractivity contribution in [2.75, 3.05) is 16.8 Å². The number of fused-ring (bicyclic) bond motifs is 2. The highest BCUT2D eigenvalue weighted by atomic mass is 19.4. The van der Waals surface area contributed by atoms with Crippen LogP contribution in [-0.2, 0) is 30.6 Å². The molecular weight excluding hydrogens is 670 g/mol. The van der Waals surface area contributed by atoms with Crippen molar-refractivity contribution in [2.45, 2.75) is 44.5 Å². The number of rotatable bonds is 10. The lowest BCUT2D eigenvalue weighted by Gasteiger charge is -2.27. The Labute approximate surface area is 300 Å². The van der Waals surface area contributed by atoms with E-state index in [0.29, 0.717) is 40.8 Å². The Morgan fingerprint density at radius 1 is 0.750 bits per heavy atom. The predicted molar refractivity (Wildman–Crippen MR) is 200 cm³/mol. The maximum atomic E-state index is 13.6. The quantitative estimate of drug-likeness (QED) is 0.115. The molecule has 1 aliphatic heterocycles. The van der Waals surface area contributed by atoms with Gasteiger partial charge < -0.3 is 10.2 Å². The molecule has 266 valence electrons. The van der Waals surface area contributed by atoms with E-state index in [1.807, 2.05) is 54.6 Å². The number of halogens is 6. The van der Waals surface area contributed by atoms with Crippen molar-refractivity contribution in [3.05, 3.63) is 185 Å². The van der Waals surface area contributed by atoms with E-state index in [1.54, 1.807) is 12.1 Å².